The summed E-state index contributed by atoms with van der Waals surface area (Å²) >= 11 is 1.61. The fourth-order valence-corrected chi connectivity index (χ4v) is 3.58. The van der Waals surface area contributed by atoms with E-state index in [1.54, 1.807) is 17.8 Å². The predicted molar refractivity (Wildman–Crippen MR) is 120 cm³/mol. The molecule has 6 nitrogen and oxygen atoms in total. The number of benzene rings is 2. The molecule has 0 bridgehead atoms. The van der Waals surface area contributed by atoms with E-state index in [4.69, 9.17) is 0 Å². The van der Waals surface area contributed by atoms with E-state index in [2.05, 4.69) is 20.4 Å². The van der Waals surface area contributed by atoms with E-state index >= 15 is 0 Å². The number of fused-ring (bicyclic) bond motifs is 1. The first-order valence-electron chi connectivity index (χ1n) is 8.65. The lowest BCUT2D eigenvalue weighted by atomic mass is 10.0. The first-order valence-corrected chi connectivity index (χ1v) is 9.80. The van der Waals surface area contributed by atoms with Crippen LogP contribution < -0.4 is 10.9 Å². The maximum absolute atomic E-state index is 12.2. The molecule has 0 radical (unpaired) electrons. The SMILES string of the molecule is CN(C)CCSCC(=O)Nc1cccc(-c2n[nH]c(=O)c3ccccc23)c1.Cl. The Morgan fingerprint density at radius 3 is 2.64 bits per heavy atom. The van der Waals surface area contributed by atoms with Gasteiger partial charge in [-0.25, -0.2) is 5.10 Å². The molecule has 3 rings (SSSR count). The van der Waals surface area contributed by atoms with Gasteiger partial charge >= 0.3 is 0 Å². The lowest BCUT2D eigenvalue weighted by molar-refractivity contribution is -0.113. The number of anilines is 1. The minimum Gasteiger partial charge on any atom is -0.325 e. The van der Waals surface area contributed by atoms with Gasteiger partial charge in [-0.15, -0.1) is 12.4 Å². The highest BCUT2D eigenvalue weighted by atomic mass is 35.5. The van der Waals surface area contributed by atoms with Crippen molar-refractivity contribution in [3.63, 3.8) is 0 Å². The highest BCUT2D eigenvalue weighted by Gasteiger charge is 2.10. The largest absolute Gasteiger partial charge is 0.325 e. The summed E-state index contributed by atoms with van der Waals surface area (Å²) in [6.07, 6.45) is 0. The number of carbonyl (C=O) groups excluding carboxylic acids is 1. The van der Waals surface area contributed by atoms with Crippen molar-refractivity contribution in [3.8, 4) is 11.3 Å². The number of aromatic amines is 1. The molecule has 3 aromatic rings. The Kier molecular flexibility index (Phi) is 8.04. The number of hydrogen-bond donors (Lipinski definition) is 2. The van der Waals surface area contributed by atoms with Crippen molar-refractivity contribution in [2.45, 2.75) is 0 Å². The third-order valence-corrected chi connectivity index (χ3v) is 4.97. The number of amides is 1. The van der Waals surface area contributed by atoms with Crippen molar-refractivity contribution >= 4 is 46.5 Å². The molecular formula is C20H23ClN4O2S. The number of hydrogen-bond acceptors (Lipinski definition) is 5. The maximum atomic E-state index is 12.2. The van der Waals surface area contributed by atoms with Crippen LogP contribution >= 0.6 is 24.2 Å². The molecule has 0 unspecified atom stereocenters. The fraction of sp³-hybridized carbons (Fsp3) is 0.250. The van der Waals surface area contributed by atoms with Crippen molar-refractivity contribution in [1.82, 2.24) is 15.1 Å². The summed E-state index contributed by atoms with van der Waals surface area (Å²) in [7, 11) is 4.03. The number of thioether (sulfide) groups is 1. The van der Waals surface area contributed by atoms with Crippen LogP contribution in [0.5, 0.6) is 0 Å². The van der Waals surface area contributed by atoms with E-state index in [0.717, 1.165) is 23.2 Å². The molecule has 1 aromatic heterocycles. The van der Waals surface area contributed by atoms with Gasteiger partial charge in [-0.1, -0.05) is 30.3 Å². The number of halogens is 1. The average molecular weight is 419 g/mol. The Morgan fingerprint density at radius 2 is 1.89 bits per heavy atom. The van der Waals surface area contributed by atoms with Gasteiger partial charge in [0.05, 0.1) is 16.8 Å². The number of H-pyrrole nitrogens is 1. The number of nitrogens with zero attached hydrogens (tertiary/aromatic N) is 2. The van der Waals surface area contributed by atoms with Gasteiger partial charge in [-0.3, -0.25) is 9.59 Å². The molecule has 0 aliphatic heterocycles. The second-order valence-corrected chi connectivity index (χ2v) is 7.54. The molecule has 8 heteroatoms. The maximum Gasteiger partial charge on any atom is 0.272 e. The summed E-state index contributed by atoms with van der Waals surface area (Å²) in [6, 6.07) is 14.8. The lowest BCUT2D eigenvalue weighted by Gasteiger charge is -2.10. The molecule has 28 heavy (non-hydrogen) atoms. The lowest BCUT2D eigenvalue weighted by Crippen LogP contribution is -2.18. The normalized spacial score (nSPS) is 10.7. The third-order valence-electron chi connectivity index (χ3n) is 4.03. The average Bonchev–Trinajstić information content (AvgIpc) is 2.66. The summed E-state index contributed by atoms with van der Waals surface area (Å²) in [4.78, 5) is 26.2. The quantitative estimate of drug-likeness (QED) is 0.576. The van der Waals surface area contributed by atoms with Gasteiger partial charge in [-0.2, -0.15) is 16.9 Å². The van der Waals surface area contributed by atoms with E-state index in [-0.39, 0.29) is 23.9 Å². The van der Waals surface area contributed by atoms with Crippen LogP contribution in [-0.4, -0.2) is 53.2 Å². The molecule has 0 aliphatic carbocycles. The zero-order valence-corrected chi connectivity index (χ0v) is 17.4. The molecule has 0 saturated heterocycles. The Balaban J connectivity index is 0.00000280. The molecule has 0 atom stereocenters. The number of carbonyl (C=O) groups is 1. The van der Waals surface area contributed by atoms with E-state index in [9.17, 15) is 9.59 Å². The van der Waals surface area contributed by atoms with E-state index in [1.165, 1.54) is 0 Å². The number of aromatic nitrogens is 2. The van der Waals surface area contributed by atoms with Crippen LogP contribution in [0.4, 0.5) is 5.69 Å². The standard InChI is InChI=1S/C20H22N4O2S.ClH/c1-24(2)10-11-27-13-18(25)21-15-7-5-6-14(12-15)19-16-8-3-4-9-17(16)20(26)23-22-19;/h3-9,12H,10-11,13H2,1-2H3,(H,21,25)(H,23,26);1H. The highest BCUT2D eigenvalue weighted by Crippen LogP contribution is 2.26. The Labute approximate surface area is 174 Å². The molecule has 2 aromatic carbocycles. The predicted octanol–water partition coefficient (Wildman–Crippen LogP) is 3.25. The second kappa shape index (κ2) is 10.3. The van der Waals surface area contributed by atoms with Crippen LogP contribution in [0.25, 0.3) is 22.0 Å². The van der Waals surface area contributed by atoms with Crippen molar-refractivity contribution in [2.75, 3.05) is 37.5 Å². The van der Waals surface area contributed by atoms with Crippen molar-refractivity contribution in [3.05, 3.63) is 58.9 Å². The molecule has 1 amide bonds. The first-order chi connectivity index (χ1) is 13.0. The summed E-state index contributed by atoms with van der Waals surface area (Å²) in [6.45, 7) is 0.943. The molecule has 0 aliphatic rings. The van der Waals surface area contributed by atoms with Gasteiger partial charge < -0.3 is 10.2 Å². The topological polar surface area (TPSA) is 78.1 Å². The third kappa shape index (κ3) is 5.58. The molecule has 148 valence electrons. The smallest absolute Gasteiger partial charge is 0.272 e. The van der Waals surface area contributed by atoms with E-state index in [1.807, 2.05) is 56.6 Å². The second-order valence-electron chi connectivity index (χ2n) is 6.43. The van der Waals surface area contributed by atoms with Crippen LogP contribution in [0.1, 0.15) is 0 Å². The van der Waals surface area contributed by atoms with Crippen molar-refractivity contribution in [2.24, 2.45) is 0 Å². The molecule has 0 saturated carbocycles. The van der Waals surface area contributed by atoms with Gasteiger partial charge in [0.2, 0.25) is 5.91 Å². The number of rotatable bonds is 7. The Morgan fingerprint density at radius 1 is 1.14 bits per heavy atom. The van der Waals surface area contributed by atoms with Crippen LogP contribution in [0.3, 0.4) is 0 Å². The van der Waals surface area contributed by atoms with Crippen LogP contribution in [0.2, 0.25) is 0 Å². The first kappa shape index (κ1) is 21.9. The van der Waals surface area contributed by atoms with Gasteiger partial charge in [0.1, 0.15) is 0 Å². The van der Waals surface area contributed by atoms with Gasteiger partial charge in [-0.05, 0) is 32.3 Å². The highest BCUT2D eigenvalue weighted by molar-refractivity contribution is 7.99. The number of nitrogens with one attached hydrogen (secondary N) is 2. The molecule has 0 spiro atoms. The summed E-state index contributed by atoms with van der Waals surface area (Å²) in [5.41, 5.74) is 2.01. The minimum atomic E-state index is -0.214. The van der Waals surface area contributed by atoms with Crippen LogP contribution in [-0.2, 0) is 4.79 Å². The molecule has 0 fully saturated rings. The van der Waals surface area contributed by atoms with Crippen LogP contribution in [0.15, 0.2) is 53.3 Å². The summed E-state index contributed by atoms with van der Waals surface area (Å²) in [5, 5.41) is 11.1. The van der Waals surface area contributed by atoms with Gasteiger partial charge in [0, 0.05) is 28.9 Å². The molecule has 2 N–H and O–H groups in total. The van der Waals surface area contributed by atoms with Crippen LogP contribution in [0, 0.1) is 0 Å². The van der Waals surface area contributed by atoms with Crippen molar-refractivity contribution in [1.29, 1.82) is 0 Å². The molecular weight excluding hydrogens is 396 g/mol. The Hall–Kier alpha value is -2.35. The van der Waals surface area contributed by atoms with E-state index in [0.29, 0.717) is 22.5 Å². The summed E-state index contributed by atoms with van der Waals surface area (Å²) in [5.74, 6) is 1.29. The summed E-state index contributed by atoms with van der Waals surface area (Å²) < 4.78 is 0. The zero-order valence-electron chi connectivity index (χ0n) is 15.8. The fourth-order valence-electron chi connectivity index (χ4n) is 2.69. The molecule has 1 heterocycles. The van der Waals surface area contributed by atoms with Crippen molar-refractivity contribution < 1.29 is 4.79 Å². The Bertz CT molecular complexity index is 1010. The monoisotopic (exact) mass is 418 g/mol. The minimum absolute atomic E-state index is 0. The zero-order chi connectivity index (χ0) is 19.2. The van der Waals surface area contributed by atoms with E-state index < -0.39 is 0 Å². The van der Waals surface area contributed by atoms with Gasteiger partial charge in [0.15, 0.2) is 0 Å². The van der Waals surface area contributed by atoms with Gasteiger partial charge in [0.25, 0.3) is 5.56 Å².